The molecule has 1 N–H and O–H groups in total. The van der Waals surface area contributed by atoms with Crippen LogP contribution in [0.1, 0.15) is 38.2 Å². The number of aliphatic hydroxyl groups excluding tert-OH is 1. The van der Waals surface area contributed by atoms with Gasteiger partial charge in [0.05, 0.1) is 11.5 Å². The molecule has 1 aromatic carbocycles. The van der Waals surface area contributed by atoms with Crippen molar-refractivity contribution in [1.82, 2.24) is 4.31 Å². The van der Waals surface area contributed by atoms with Gasteiger partial charge >= 0.3 is 0 Å². The first kappa shape index (κ1) is 16.4. The summed E-state index contributed by atoms with van der Waals surface area (Å²) in [7, 11) is -2.08. The predicted molar refractivity (Wildman–Crippen MR) is 78.7 cm³/mol. The van der Waals surface area contributed by atoms with E-state index in [-0.39, 0.29) is 16.5 Å². The molecule has 1 fully saturated rings. The maximum absolute atomic E-state index is 13.4. The van der Waals surface area contributed by atoms with Gasteiger partial charge in [0.25, 0.3) is 0 Å². The van der Waals surface area contributed by atoms with E-state index in [0.717, 1.165) is 31.7 Å². The van der Waals surface area contributed by atoms with Crippen LogP contribution in [0.15, 0.2) is 23.1 Å². The van der Waals surface area contributed by atoms with E-state index in [1.165, 1.54) is 16.4 Å². The fourth-order valence-electron chi connectivity index (χ4n) is 3.01. The van der Waals surface area contributed by atoms with Crippen LogP contribution in [0.5, 0.6) is 0 Å². The molecule has 0 radical (unpaired) electrons. The maximum atomic E-state index is 13.4. The van der Waals surface area contributed by atoms with Crippen molar-refractivity contribution in [2.45, 2.75) is 50.2 Å². The van der Waals surface area contributed by atoms with Crippen molar-refractivity contribution >= 4 is 10.0 Å². The number of hydrogen-bond donors (Lipinski definition) is 1. The van der Waals surface area contributed by atoms with Gasteiger partial charge in [-0.1, -0.05) is 19.8 Å². The molecule has 4 nitrogen and oxygen atoms in total. The summed E-state index contributed by atoms with van der Waals surface area (Å²) >= 11 is 0. The number of benzene rings is 1. The normalized spacial score (nSPS) is 23.5. The number of aliphatic hydroxyl groups is 1. The van der Waals surface area contributed by atoms with Crippen molar-refractivity contribution < 1.29 is 17.9 Å². The Balaban J connectivity index is 2.32. The van der Waals surface area contributed by atoms with Crippen LogP contribution >= 0.6 is 0 Å². The van der Waals surface area contributed by atoms with Crippen LogP contribution in [0.4, 0.5) is 4.39 Å². The van der Waals surface area contributed by atoms with Gasteiger partial charge in [-0.15, -0.1) is 0 Å². The Kier molecular flexibility index (Phi) is 5.01. The third kappa shape index (κ3) is 3.27. The fourth-order valence-corrected chi connectivity index (χ4v) is 4.55. The largest absolute Gasteiger partial charge is 0.392 e. The highest BCUT2D eigenvalue weighted by atomic mass is 32.2. The standard InChI is InChI=1S/C15H22FNO3S/c1-11-5-3-4-6-15(11)17(2)21(19,20)13-7-8-14(16)12(9-13)10-18/h7-9,11,15,18H,3-6,10H2,1-2H3. The lowest BCUT2D eigenvalue weighted by Gasteiger charge is -2.35. The van der Waals surface area contributed by atoms with Crippen LogP contribution in [0, 0.1) is 11.7 Å². The van der Waals surface area contributed by atoms with Gasteiger partial charge in [-0.25, -0.2) is 12.8 Å². The molecule has 2 unspecified atom stereocenters. The Labute approximate surface area is 125 Å². The minimum atomic E-state index is -3.67. The highest BCUT2D eigenvalue weighted by Crippen LogP contribution is 2.31. The predicted octanol–water partition coefficient (Wildman–Crippen LogP) is 2.52. The Morgan fingerprint density at radius 2 is 2.00 bits per heavy atom. The smallest absolute Gasteiger partial charge is 0.243 e. The van der Waals surface area contributed by atoms with Crippen LogP contribution < -0.4 is 0 Å². The molecule has 0 aromatic heterocycles. The molecule has 0 aliphatic heterocycles. The van der Waals surface area contributed by atoms with Crippen molar-refractivity contribution in [3.63, 3.8) is 0 Å². The number of sulfonamides is 1. The van der Waals surface area contributed by atoms with Gasteiger partial charge in [0.1, 0.15) is 5.82 Å². The maximum Gasteiger partial charge on any atom is 0.243 e. The first-order chi connectivity index (χ1) is 9.87. The zero-order valence-corrected chi connectivity index (χ0v) is 13.2. The lowest BCUT2D eigenvalue weighted by atomic mass is 9.86. The van der Waals surface area contributed by atoms with Crippen molar-refractivity contribution in [2.75, 3.05) is 7.05 Å². The number of hydrogen-bond acceptors (Lipinski definition) is 3. The summed E-state index contributed by atoms with van der Waals surface area (Å²) < 4.78 is 40.2. The van der Waals surface area contributed by atoms with Gasteiger partial charge in [0.15, 0.2) is 0 Å². The zero-order chi connectivity index (χ0) is 15.6. The van der Waals surface area contributed by atoms with Gasteiger partial charge in [-0.2, -0.15) is 4.31 Å². The van der Waals surface area contributed by atoms with E-state index in [1.807, 2.05) is 0 Å². The van der Waals surface area contributed by atoms with Crippen molar-refractivity contribution in [3.8, 4) is 0 Å². The molecule has 1 aliphatic rings. The molecule has 1 saturated carbocycles. The summed E-state index contributed by atoms with van der Waals surface area (Å²) in [6.07, 6.45) is 4.04. The second-order valence-electron chi connectivity index (χ2n) is 5.76. The lowest BCUT2D eigenvalue weighted by Crippen LogP contribution is -2.42. The first-order valence-electron chi connectivity index (χ1n) is 7.25. The van der Waals surface area contributed by atoms with Gasteiger partial charge in [-0.05, 0) is 37.0 Å². The Hall–Kier alpha value is -0.980. The molecule has 21 heavy (non-hydrogen) atoms. The van der Waals surface area contributed by atoms with Crippen molar-refractivity contribution in [1.29, 1.82) is 0 Å². The van der Waals surface area contributed by atoms with Crippen LogP contribution in [-0.4, -0.2) is 30.9 Å². The second-order valence-corrected chi connectivity index (χ2v) is 7.76. The number of rotatable bonds is 4. The van der Waals surface area contributed by atoms with Crippen LogP contribution in [0.25, 0.3) is 0 Å². The third-order valence-electron chi connectivity index (χ3n) is 4.40. The topological polar surface area (TPSA) is 57.6 Å². The molecule has 0 amide bonds. The molecule has 0 heterocycles. The summed E-state index contributed by atoms with van der Waals surface area (Å²) in [5, 5.41) is 9.09. The van der Waals surface area contributed by atoms with Crippen LogP contribution in [-0.2, 0) is 16.6 Å². The van der Waals surface area contributed by atoms with Gasteiger partial charge in [0, 0.05) is 18.7 Å². The average Bonchev–Trinajstić information content (AvgIpc) is 2.47. The molecule has 0 saturated heterocycles. The summed E-state index contributed by atoms with van der Waals surface area (Å²) in [5.74, 6) is -0.276. The van der Waals surface area contributed by atoms with E-state index in [1.54, 1.807) is 7.05 Å². The molecule has 118 valence electrons. The lowest BCUT2D eigenvalue weighted by molar-refractivity contribution is 0.213. The van der Waals surface area contributed by atoms with Gasteiger partial charge in [-0.3, -0.25) is 0 Å². The second kappa shape index (κ2) is 6.42. The molecule has 2 rings (SSSR count). The van der Waals surface area contributed by atoms with E-state index < -0.39 is 22.4 Å². The van der Waals surface area contributed by atoms with Gasteiger partial charge in [0.2, 0.25) is 10.0 Å². The summed E-state index contributed by atoms with van der Waals surface area (Å²) in [6.45, 7) is 1.55. The minimum absolute atomic E-state index is 0.00108. The van der Waals surface area contributed by atoms with E-state index in [2.05, 4.69) is 6.92 Å². The monoisotopic (exact) mass is 315 g/mol. The average molecular weight is 315 g/mol. The molecule has 1 aliphatic carbocycles. The van der Waals surface area contributed by atoms with Crippen molar-refractivity contribution in [2.24, 2.45) is 5.92 Å². The van der Waals surface area contributed by atoms with Crippen LogP contribution in [0.3, 0.4) is 0 Å². The third-order valence-corrected chi connectivity index (χ3v) is 6.28. The fraction of sp³-hybridized carbons (Fsp3) is 0.600. The van der Waals surface area contributed by atoms with Crippen LogP contribution in [0.2, 0.25) is 0 Å². The quantitative estimate of drug-likeness (QED) is 0.929. The molecule has 0 spiro atoms. The molecule has 0 bridgehead atoms. The summed E-state index contributed by atoms with van der Waals surface area (Å²) in [5.41, 5.74) is 0.00108. The van der Waals surface area contributed by atoms with E-state index in [4.69, 9.17) is 5.11 Å². The molecular weight excluding hydrogens is 293 g/mol. The molecule has 1 aromatic rings. The van der Waals surface area contributed by atoms with E-state index in [0.29, 0.717) is 5.92 Å². The molecule has 2 atom stereocenters. The Morgan fingerprint density at radius 1 is 1.33 bits per heavy atom. The summed E-state index contributed by atoms with van der Waals surface area (Å²) in [4.78, 5) is 0.0354. The van der Waals surface area contributed by atoms with Crippen molar-refractivity contribution in [3.05, 3.63) is 29.6 Å². The first-order valence-corrected chi connectivity index (χ1v) is 8.69. The highest BCUT2D eigenvalue weighted by molar-refractivity contribution is 7.89. The van der Waals surface area contributed by atoms with E-state index >= 15 is 0 Å². The van der Waals surface area contributed by atoms with E-state index in [9.17, 15) is 12.8 Å². The number of nitrogens with zero attached hydrogens (tertiary/aromatic N) is 1. The Bertz CT molecular complexity index is 603. The summed E-state index contributed by atoms with van der Waals surface area (Å²) in [6, 6.07) is 3.55. The number of halogens is 1. The molecule has 6 heteroatoms. The zero-order valence-electron chi connectivity index (χ0n) is 12.4. The highest BCUT2D eigenvalue weighted by Gasteiger charge is 2.33. The minimum Gasteiger partial charge on any atom is -0.392 e. The Morgan fingerprint density at radius 3 is 2.62 bits per heavy atom. The molecular formula is C15H22FNO3S. The van der Waals surface area contributed by atoms with Gasteiger partial charge < -0.3 is 5.11 Å². The SMILES string of the molecule is CC1CCCCC1N(C)S(=O)(=O)c1ccc(F)c(CO)c1.